The van der Waals surface area contributed by atoms with Crippen molar-refractivity contribution in [3.63, 3.8) is 0 Å². The minimum atomic E-state index is 0.440. The van der Waals surface area contributed by atoms with Crippen LogP contribution in [0.2, 0.25) is 0 Å². The average Bonchev–Trinajstić information content (AvgIpc) is 2.74. The van der Waals surface area contributed by atoms with Gasteiger partial charge in [-0.25, -0.2) is 4.98 Å². The van der Waals surface area contributed by atoms with Crippen molar-refractivity contribution in [2.45, 2.75) is 45.8 Å². The summed E-state index contributed by atoms with van der Waals surface area (Å²) in [5, 5.41) is 3.51. The molecule has 0 radical (unpaired) electrons. The predicted octanol–water partition coefficient (Wildman–Crippen LogP) is 1.81. The van der Waals surface area contributed by atoms with Gasteiger partial charge in [0.05, 0.1) is 18.6 Å². The van der Waals surface area contributed by atoms with Crippen LogP contribution in [-0.4, -0.2) is 29.3 Å². The highest BCUT2D eigenvalue weighted by atomic mass is 16.5. The SMILES string of the molecule is CCCC(COC)NCc1cncn1CC. The summed E-state index contributed by atoms with van der Waals surface area (Å²) in [5.74, 6) is 0. The number of aromatic nitrogens is 2. The second kappa shape index (κ2) is 7.41. The van der Waals surface area contributed by atoms with Gasteiger partial charge in [-0.05, 0) is 13.3 Å². The smallest absolute Gasteiger partial charge is 0.0948 e. The Morgan fingerprint density at radius 1 is 1.50 bits per heavy atom. The van der Waals surface area contributed by atoms with E-state index in [1.54, 1.807) is 7.11 Å². The predicted molar refractivity (Wildman–Crippen MR) is 65.3 cm³/mol. The summed E-state index contributed by atoms with van der Waals surface area (Å²) in [7, 11) is 1.75. The number of aryl methyl sites for hydroxylation is 1. The van der Waals surface area contributed by atoms with E-state index in [0.717, 1.165) is 26.1 Å². The Hall–Kier alpha value is -0.870. The highest BCUT2D eigenvalue weighted by molar-refractivity contribution is 4.98. The van der Waals surface area contributed by atoms with E-state index in [1.807, 2.05) is 12.5 Å². The molecular weight excluding hydrogens is 202 g/mol. The number of nitrogens with zero attached hydrogens (tertiary/aromatic N) is 2. The molecule has 1 heterocycles. The molecular formula is C12H23N3O. The van der Waals surface area contributed by atoms with Gasteiger partial charge in [0.1, 0.15) is 0 Å². The summed E-state index contributed by atoms with van der Waals surface area (Å²) in [6, 6.07) is 0.440. The van der Waals surface area contributed by atoms with E-state index >= 15 is 0 Å². The minimum absolute atomic E-state index is 0.440. The lowest BCUT2D eigenvalue weighted by atomic mass is 10.2. The average molecular weight is 225 g/mol. The minimum Gasteiger partial charge on any atom is -0.383 e. The Balaban J connectivity index is 2.41. The fourth-order valence-corrected chi connectivity index (χ4v) is 1.82. The highest BCUT2D eigenvalue weighted by Gasteiger charge is 2.07. The molecule has 1 aromatic rings. The van der Waals surface area contributed by atoms with Crippen LogP contribution >= 0.6 is 0 Å². The van der Waals surface area contributed by atoms with Crippen molar-refractivity contribution in [1.82, 2.24) is 14.9 Å². The van der Waals surface area contributed by atoms with Gasteiger partial charge in [0.25, 0.3) is 0 Å². The first kappa shape index (κ1) is 13.2. The van der Waals surface area contributed by atoms with Crippen molar-refractivity contribution >= 4 is 0 Å². The maximum Gasteiger partial charge on any atom is 0.0948 e. The van der Waals surface area contributed by atoms with Crippen molar-refractivity contribution in [2.75, 3.05) is 13.7 Å². The molecule has 0 aliphatic heterocycles. The standard InChI is InChI=1S/C12H23N3O/c1-4-6-11(9-16-3)14-8-12-7-13-10-15(12)5-2/h7,10-11,14H,4-6,8-9H2,1-3H3. The van der Waals surface area contributed by atoms with Crippen LogP contribution in [0.5, 0.6) is 0 Å². The molecule has 4 nitrogen and oxygen atoms in total. The molecule has 0 aliphatic carbocycles. The lowest BCUT2D eigenvalue weighted by Gasteiger charge is -2.17. The van der Waals surface area contributed by atoms with Crippen LogP contribution in [0.25, 0.3) is 0 Å². The van der Waals surface area contributed by atoms with Gasteiger partial charge < -0.3 is 14.6 Å². The summed E-state index contributed by atoms with van der Waals surface area (Å²) in [4.78, 5) is 4.15. The molecule has 0 spiro atoms. The van der Waals surface area contributed by atoms with Crippen molar-refractivity contribution in [1.29, 1.82) is 0 Å². The Morgan fingerprint density at radius 3 is 2.94 bits per heavy atom. The Morgan fingerprint density at radius 2 is 2.31 bits per heavy atom. The van der Waals surface area contributed by atoms with Gasteiger partial charge >= 0.3 is 0 Å². The molecule has 4 heteroatoms. The van der Waals surface area contributed by atoms with Gasteiger partial charge in [0, 0.05) is 32.4 Å². The lowest BCUT2D eigenvalue weighted by molar-refractivity contribution is 0.161. The van der Waals surface area contributed by atoms with Crippen molar-refractivity contribution in [3.05, 3.63) is 18.2 Å². The Labute approximate surface area is 98.0 Å². The fraction of sp³-hybridized carbons (Fsp3) is 0.750. The zero-order chi connectivity index (χ0) is 11.8. The molecule has 1 N–H and O–H groups in total. The first-order chi connectivity index (χ1) is 7.81. The molecule has 0 saturated carbocycles. The van der Waals surface area contributed by atoms with Gasteiger partial charge in [-0.2, -0.15) is 0 Å². The zero-order valence-electron chi connectivity index (χ0n) is 10.6. The molecule has 1 rings (SSSR count). The Kier molecular flexibility index (Phi) is 6.11. The van der Waals surface area contributed by atoms with Crippen molar-refractivity contribution in [3.8, 4) is 0 Å². The Bertz CT molecular complexity index is 280. The molecule has 1 atom stereocenters. The quantitative estimate of drug-likeness (QED) is 0.733. The lowest BCUT2D eigenvalue weighted by Crippen LogP contribution is -2.33. The van der Waals surface area contributed by atoms with E-state index < -0.39 is 0 Å². The highest BCUT2D eigenvalue weighted by Crippen LogP contribution is 2.02. The van der Waals surface area contributed by atoms with E-state index in [4.69, 9.17) is 4.74 Å². The van der Waals surface area contributed by atoms with Gasteiger partial charge in [-0.1, -0.05) is 13.3 Å². The molecule has 1 unspecified atom stereocenters. The van der Waals surface area contributed by atoms with E-state index in [1.165, 1.54) is 12.1 Å². The van der Waals surface area contributed by atoms with Gasteiger partial charge in [-0.3, -0.25) is 0 Å². The third-order valence-corrected chi connectivity index (χ3v) is 2.72. The van der Waals surface area contributed by atoms with Gasteiger partial charge in [0.15, 0.2) is 0 Å². The van der Waals surface area contributed by atoms with E-state index in [9.17, 15) is 0 Å². The molecule has 0 aromatic carbocycles. The maximum absolute atomic E-state index is 5.20. The first-order valence-electron chi connectivity index (χ1n) is 6.03. The third kappa shape index (κ3) is 3.94. The number of hydrogen-bond acceptors (Lipinski definition) is 3. The van der Waals surface area contributed by atoms with E-state index in [2.05, 4.69) is 28.7 Å². The van der Waals surface area contributed by atoms with E-state index in [-0.39, 0.29) is 0 Å². The molecule has 92 valence electrons. The van der Waals surface area contributed by atoms with E-state index in [0.29, 0.717) is 6.04 Å². The summed E-state index contributed by atoms with van der Waals surface area (Å²) < 4.78 is 7.35. The van der Waals surface area contributed by atoms with Crippen LogP contribution in [0.3, 0.4) is 0 Å². The van der Waals surface area contributed by atoms with Crippen LogP contribution in [0, 0.1) is 0 Å². The second-order valence-corrected chi connectivity index (χ2v) is 3.99. The number of methoxy groups -OCH3 is 1. The second-order valence-electron chi connectivity index (χ2n) is 3.99. The monoisotopic (exact) mass is 225 g/mol. The molecule has 1 aromatic heterocycles. The molecule has 0 fully saturated rings. The number of rotatable bonds is 8. The van der Waals surface area contributed by atoms with Crippen molar-refractivity contribution in [2.24, 2.45) is 0 Å². The molecule has 0 bridgehead atoms. The third-order valence-electron chi connectivity index (χ3n) is 2.72. The largest absolute Gasteiger partial charge is 0.383 e. The van der Waals surface area contributed by atoms with Crippen LogP contribution in [0.4, 0.5) is 0 Å². The van der Waals surface area contributed by atoms with Crippen LogP contribution < -0.4 is 5.32 Å². The van der Waals surface area contributed by atoms with Crippen LogP contribution in [-0.2, 0) is 17.8 Å². The van der Waals surface area contributed by atoms with Crippen LogP contribution in [0.15, 0.2) is 12.5 Å². The molecule has 0 amide bonds. The number of hydrogen-bond donors (Lipinski definition) is 1. The summed E-state index contributed by atoms with van der Waals surface area (Å²) in [6.45, 7) is 6.93. The zero-order valence-corrected chi connectivity index (χ0v) is 10.6. The summed E-state index contributed by atoms with van der Waals surface area (Å²) >= 11 is 0. The molecule has 0 saturated heterocycles. The normalized spacial score (nSPS) is 12.9. The summed E-state index contributed by atoms with van der Waals surface area (Å²) in [5.41, 5.74) is 1.24. The van der Waals surface area contributed by atoms with Crippen molar-refractivity contribution < 1.29 is 4.74 Å². The fourth-order valence-electron chi connectivity index (χ4n) is 1.82. The summed E-state index contributed by atoms with van der Waals surface area (Å²) in [6.07, 6.45) is 6.12. The molecule has 16 heavy (non-hydrogen) atoms. The molecule has 0 aliphatic rings. The number of imidazole rings is 1. The van der Waals surface area contributed by atoms with Gasteiger partial charge in [-0.15, -0.1) is 0 Å². The van der Waals surface area contributed by atoms with Crippen LogP contribution in [0.1, 0.15) is 32.4 Å². The number of nitrogens with one attached hydrogen (secondary N) is 1. The van der Waals surface area contributed by atoms with Gasteiger partial charge in [0.2, 0.25) is 0 Å². The first-order valence-corrected chi connectivity index (χ1v) is 6.03. The number of ether oxygens (including phenoxy) is 1. The maximum atomic E-state index is 5.20. The topological polar surface area (TPSA) is 39.1 Å².